The van der Waals surface area contributed by atoms with E-state index in [2.05, 4.69) is 9.36 Å². The minimum absolute atomic E-state index is 1.13. The molecule has 0 aromatic carbocycles. The third-order valence-electron chi connectivity index (χ3n) is 1.15. The van der Waals surface area contributed by atoms with Gasteiger partial charge in [-0.2, -0.15) is 4.37 Å². The molecule has 11 heavy (non-hydrogen) atoms. The lowest BCUT2D eigenvalue weighted by Gasteiger charge is -1.79. The molecule has 3 heteroatoms. The van der Waals surface area contributed by atoms with Gasteiger partial charge in [-0.25, -0.2) is 0 Å². The van der Waals surface area contributed by atoms with Crippen LogP contribution in [0.5, 0.6) is 0 Å². The van der Waals surface area contributed by atoms with E-state index in [9.17, 15) is 0 Å². The fourth-order valence-corrected chi connectivity index (χ4v) is 1.33. The lowest BCUT2D eigenvalue weighted by molar-refractivity contribution is 1.37. The Balaban J connectivity index is 0.000000281. The summed E-state index contributed by atoms with van der Waals surface area (Å²) in [4.78, 5) is 3.95. The lowest BCUT2D eigenvalue weighted by atomic mass is 10.4. The van der Waals surface area contributed by atoms with Crippen LogP contribution in [0, 0.1) is 0 Å². The topological polar surface area (TPSA) is 25.8 Å². The highest BCUT2D eigenvalue weighted by atomic mass is 32.1. The molecule has 0 bridgehead atoms. The first-order valence-corrected chi connectivity index (χ1v) is 4.38. The van der Waals surface area contributed by atoms with Crippen molar-refractivity contribution >= 4 is 21.6 Å². The quantitative estimate of drug-likeness (QED) is 0.601. The van der Waals surface area contributed by atoms with E-state index >= 15 is 0 Å². The molecule has 2 heterocycles. The predicted octanol–water partition coefficient (Wildman–Crippen LogP) is 2.72. The van der Waals surface area contributed by atoms with Crippen molar-refractivity contribution < 1.29 is 0 Å². The average molecular weight is 166 g/mol. The van der Waals surface area contributed by atoms with Gasteiger partial charge >= 0.3 is 0 Å². The van der Waals surface area contributed by atoms with Gasteiger partial charge in [-0.05, 0) is 17.6 Å². The van der Waals surface area contributed by atoms with E-state index in [-0.39, 0.29) is 0 Å². The zero-order valence-electron chi connectivity index (χ0n) is 6.61. The summed E-state index contributed by atoms with van der Waals surface area (Å²) in [5, 5.41) is 1.13. The van der Waals surface area contributed by atoms with Crippen molar-refractivity contribution in [1.29, 1.82) is 0 Å². The Morgan fingerprint density at radius 3 is 2.82 bits per heavy atom. The van der Waals surface area contributed by atoms with Gasteiger partial charge < -0.3 is 0 Å². The van der Waals surface area contributed by atoms with Gasteiger partial charge in [0.2, 0.25) is 0 Å². The molecule has 58 valence electrons. The van der Waals surface area contributed by atoms with Gasteiger partial charge in [0.05, 0.1) is 10.9 Å². The molecule has 2 aromatic heterocycles. The van der Waals surface area contributed by atoms with Gasteiger partial charge in [-0.3, -0.25) is 4.98 Å². The standard InChI is InChI=1S/C6H4N2S.C2H6/c1-2-7-3-5-4-8-9-6(1)5;1-2/h1-4H;1-2H3. The van der Waals surface area contributed by atoms with Crippen molar-refractivity contribution in [1.82, 2.24) is 9.36 Å². The van der Waals surface area contributed by atoms with Gasteiger partial charge in [0.15, 0.2) is 0 Å². The molecule has 0 aliphatic rings. The lowest BCUT2D eigenvalue weighted by Crippen LogP contribution is -1.64. The van der Waals surface area contributed by atoms with E-state index < -0.39 is 0 Å². The SMILES string of the molecule is CC.c1cc2sncc2cn1. The first-order chi connectivity index (χ1) is 5.47. The summed E-state index contributed by atoms with van der Waals surface area (Å²) in [6.45, 7) is 4.00. The van der Waals surface area contributed by atoms with Crippen LogP contribution < -0.4 is 0 Å². The molecule has 0 atom stereocenters. The summed E-state index contributed by atoms with van der Waals surface area (Å²) in [6, 6.07) is 1.97. The fraction of sp³-hybridized carbons (Fsp3) is 0.250. The number of rotatable bonds is 0. The molecule has 2 nitrogen and oxygen atoms in total. The molecule has 2 rings (SSSR count). The van der Waals surface area contributed by atoms with Crippen LogP contribution >= 0.6 is 11.5 Å². The number of nitrogens with zero attached hydrogens (tertiary/aromatic N) is 2. The summed E-state index contributed by atoms with van der Waals surface area (Å²) in [5.41, 5.74) is 0. The van der Waals surface area contributed by atoms with Crippen molar-refractivity contribution in [2.24, 2.45) is 0 Å². The van der Waals surface area contributed by atoms with Crippen LogP contribution in [0.3, 0.4) is 0 Å². The molecule has 0 saturated heterocycles. The molecule has 2 aromatic rings. The normalized spacial score (nSPS) is 8.91. The third kappa shape index (κ3) is 1.74. The minimum Gasteiger partial charge on any atom is -0.264 e. The Morgan fingerprint density at radius 2 is 2.09 bits per heavy atom. The second kappa shape index (κ2) is 4.03. The van der Waals surface area contributed by atoms with E-state index in [1.54, 1.807) is 6.20 Å². The van der Waals surface area contributed by atoms with Crippen LogP contribution in [-0.2, 0) is 0 Å². The second-order valence-electron chi connectivity index (χ2n) is 1.74. The third-order valence-corrected chi connectivity index (χ3v) is 1.93. The highest BCUT2D eigenvalue weighted by molar-refractivity contribution is 7.13. The molecule has 0 amide bonds. The van der Waals surface area contributed by atoms with E-state index in [0.29, 0.717) is 0 Å². The van der Waals surface area contributed by atoms with Crippen LogP contribution in [0.1, 0.15) is 13.8 Å². The maximum Gasteiger partial charge on any atom is 0.0580 e. The van der Waals surface area contributed by atoms with Gasteiger partial charge in [0.25, 0.3) is 0 Å². The maximum atomic E-state index is 4.00. The number of hydrogen-bond acceptors (Lipinski definition) is 3. The smallest absolute Gasteiger partial charge is 0.0580 e. The minimum atomic E-state index is 1.13. The van der Waals surface area contributed by atoms with Crippen LogP contribution in [0.15, 0.2) is 24.7 Å². The molecule has 0 spiro atoms. The molecule has 0 radical (unpaired) electrons. The Morgan fingerprint density at radius 1 is 1.27 bits per heavy atom. The molecule has 0 fully saturated rings. The molecule has 0 aliphatic carbocycles. The summed E-state index contributed by atoms with van der Waals surface area (Å²) in [5.74, 6) is 0. The van der Waals surface area contributed by atoms with E-state index in [1.807, 2.05) is 32.3 Å². The number of pyridine rings is 1. The maximum absolute atomic E-state index is 4.00. The fourth-order valence-electron chi connectivity index (χ4n) is 0.714. The average Bonchev–Trinajstić information content (AvgIpc) is 2.55. The Hall–Kier alpha value is -0.960. The summed E-state index contributed by atoms with van der Waals surface area (Å²) < 4.78 is 5.20. The van der Waals surface area contributed by atoms with Crippen molar-refractivity contribution in [2.45, 2.75) is 13.8 Å². The molecule has 0 N–H and O–H groups in total. The summed E-state index contributed by atoms with van der Waals surface area (Å²) in [7, 11) is 0. The van der Waals surface area contributed by atoms with E-state index in [0.717, 1.165) is 5.39 Å². The summed E-state index contributed by atoms with van der Waals surface area (Å²) >= 11 is 1.50. The Labute approximate surface area is 70.1 Å². The zero-order chi connectivity index (χ0) is 8.10. The monoisotopic (exact) mass is 166 g/mol. The van der Waals surface area contributed by atoms with Crippen LogP contribution in [0.25, 0.3) is 10.1 Å². The van der Waals surface area contributed by atoms with Crippen molar-refractivity contribution in [2.75, 3.05) is 0 Å². The van der Waals surface area contributed by atoms with Gasteiger partial charge in [-0.1, -0.05) is 13.8 Å². The number of hydrogen-bond donors (Lipinski definition) is 0. The molecular formula is C8H10N2S. The molecule has 0 aliphatic heterocycles. The van der Waals surface area contributed by atoms with Crippen molar-refractivity contribution in [3.63, 3.8) is 0 Å². The molecule has 0 unspecified atom stereocenters. The zero-order valence-corrected chi connectivity index (χ0v) is 7.43. The van der Waals surface area contributed by atoms with Crippen LogP contribution in [0.2, 0.25) is 0 Å². The van der Waals surface area contributed by atoms with Gasteiger partial charge in [-0.15, -0.1) is 0 Å². The second-order valence-corrected chi connectivity index (χ2v) is 2.57. The Kier molecular flexibility index (Phi) is 2.98. The van der Waals surface area contributed by atoms with Crippen LogP contribution in [0.4, 0.5) is 0 Å². The van der Waals surface area contributed by atoms with Crippen molar-refractivity contribution in [3.05, 3.63) is 24.7 Å². The van der Waals surface area contributed by atoms with Crippen molar-refractivity contribution in [3.8, 4) is 0 Å². The van der Waals surface area contributed by atoms with E-state index in [4.69, 9.17) is 0 Å². The number of aromatic nitrogens is 2. The van der Waals surface area contributed by atoms with Crippen LogP contribution in [-0.4, -0.2) is 9.36 Å². The molecule has 0 saturated carbocycles. The predicted molar refractivity (Wildman–Crippen MR) is 48.8 cm³/mol. The van der Waals surface area contributed by atoms with Gasteiger partial charge in [0, 0.05) is 17.8 Å². The van der Waals surface area contributed by atoms with Gasteiger partial charge in [0.1, 0.15) is 0 Å². The first-order valence-electron chi connectivity index (χ1n) is 3.61. The van der Waals surface area contributed by atoms with E-state index in [1.165, 1.54) is 16.2 Å². The molecular weight excluding hydrogens is 156 g/mol. The number of fused-ring (bicyclic) bond motifs is 1. The highest BCUT2D eigenvalue weighted by Gasteiger charge is 1.90. The Bertz CT molecular complexity index is 286. The first kappa shape index (κ1) is 8.14. The highest BCUT2D eigenvalue weighted by Crippen LogP contribution is 2.14. The summed E-state index contributed by atoms with van der Waals surface area (Å²) in [6.07, 6.45) is 5.42. The largest absolute Gasteiger partial charge is 0.264 e.